The number of ether oxygens (including phenoxy) is 2. The predicted octanol–water partition coefficient (Wildman–Crippen LogP) is 1.37. The Hall–Kier alpha value is -0.460. The molecule has 15 heavy (non-hydrogen) atoms. The van der Waals surface area contributed by atoms with Gasteiger partial charge in [0, 0.05) is 13.7 Å². The molecule has 2 heterocycles. The van der Waals surface area contributed by atoms with Crippen LogP contribution in [0.25, 0.3) is 0 Å². The van der Waals surface area contributed by atoms with Crippen molar-refractivity contribution < 1.29 is 9.47 Å². The number of hydrogen-bond donors (Lipinski definition) is 0. The van der Waals surface area contributed by atoms with Gasteiger partial charge in [0.05, 0.1) is 12.6 Å². The molecule has 0 aromatic carbocycles. The highest BCUT2D eigenvalue weighted by Gasteiger charge is 2.18. The van der Waals surface area contributed by atoms with Crippen LogP contribution in [0.1, 0.15) is 18.7 Å². The van der Waals surface area contributed by atoms with Crippen molar-refractivity contribution in [3.63, 3.8) is 0 Å². The van der Waals surface area contributed by atoms with Crippen molar-refractivity contribution in [3.05, 3.63) is 10.6 Å². The second kappa shape index (κ2) is 5.05. The van der Waals surface area contributed by atoms with E-state index in [-0.39, 0.29) is 6.10 Å². The number of methoxy groups -OCH3 is 1. The maximum atomic E-state index is 5.54. The number of rotatable bonds is 4. The van der Waals surface area contributed by atoms with Gasteiger partial charge in [-0.1, -0.05) is 0 Å². The van der Waals surface area contributed by atoms with E-state index in [9.17, 15) is 0 Å². The van der Waals surface area contributed by atoms with Crippen LogP contribution in [0, 0.1) is 0 Å². The molecule has 0 spiro atoms. The lowest BCUT2D eigenvalue weighted by Gasteiger charge is -2.08. The number of nitrogens with zero attached hydrogens (tertiary/aromatic N) is 3. The van der Waals surface area contributed by atoms with Crippen molar-refractivity contribution in [3.8, 4) is 0 Å². The third kappa shape index (κ3) is 2.76. The summed E-state index contributed by atoms with van der Waals surface area (Å²) >= 11 is 3.37. The standard InChI is InChI=1S/C9H14BrN3O2/c1-14-6-8-11-9(10)13(12-8)5-7-3-2-4-15-7/h7H,2-6H2,1H3. The van der Waals surface area contributed by atoms with Gasteiger partial charge in [0.25, 0.3) is 0 Å². The van der Waals surface area contributed by atoms with Crippen LogP contribution in [-0.4, -0.2) is 34.6 Å². The minimum atomic E-state index is 0.276. The summed E-state index contributed by atoms with van der Waals surface area (Å²) < 4.78 is 13.1. The maximum Gasteiger partial charge on any atom is 0.195 e. The van der Waals surface area contributed by atoms with Crippen molar-refractivity contribution in [2.24, 2.45) is 0 Å². The predicted molar refractivity (Wildman–Crippen MR) is 57.4 cm³/mol. The van der Waals surface area contributed by atoms with Crippen LogP contribution in [0.3, 0.4) is 0 Å². The zero-order chi connectivity index (χ0) is 10.7. The number of aromatic nitrogens is 3. The van der Waals surface area contributed by atoms with E-state index in [0.29, 0.717) is 12.4 Å². The lowest BCUT2D eigenvalue weighted by molar-refractivity contribution is 0.0929. The highest BCUT2D eigenvalue weighted by Crippen LogP contribution is 2.16. The molecule has 2 rings (SSSR count). The quantitative estimate of drug-likeness (QED) is 0.833. The molecule has 0 amide bonds. The molecule has 1 unspecified atom stereocenters. The Morgan fingerprint density at radius 3 is 3.20 bits per heavy atom. The van der Waals surface area contributed by atoms with Gasteiger partial charge in [-0.2, -0.15) is 5.10 Å². The molecule has 1 aromatic rings. The molecule has 1 saturated heterocycles. The largest absolute Gasteiger partial charge is 0.377 e. The first-order valence-electron chi connectivity index (χ1n) is 4.99. The molecule has 0 aliphatic carbocycles. The average molecular weight is 276 g/mol. The Morgan fingerprint density at radius 1 is 1.67 bits per heavy atom. The summed E-state index contributed by atoms with van der Waals surface area (Å²) in [6.07, 6.45) is 2.52. The van der Waals surface area contributed by atoms with E-state index in [1.54, 1.807) is 7.11 Å². The van der Waals surface area contributed by atoms with Crippen LogP contribution in [0.5, 0.6) is 0 Å². The maximum absolute atomic E-state index is 5.54. The first-order chi connectivity index (χ1) is 7.29. The fourth-order valence-electron chi connectivity index (χ4n) is 1.65. The van der Waals surface area contributed by atoms with E-state index in [2.05, 4.69) is 26.0 Å². The van der Waals surface area contributed by atoms with Crippen molar-refractivity contribution in [2.45, 2.75) is 32.1 Å². The van der Waals surface area contributed by atoms with Gasteiger partial charge >= 0.3 is 0 Å². The molecule has 6 heteroatoms. The summed E-state index contributed by atoms with van der Waals surface area (Å²) in [6, 6.07) is 0. The molecular formula is C9H14BrN3O2. The van der Waals surface area contributed by atoms with Crippen molar-refractivity contribution in [1.82, 2.24) is 14.8 Å². The summed E-state index contributed by atoms with van der Waals surface area (Å²) in [5.41, 5.74) is 0. The van der Waals surface area contributed by atoms with E-state index >= 15 is 0 Å². The molecule has 1 aliphatic rings. The van der Waals surface area contributed by atoms with Crippen LogP contribution in [0.4, 0.5) is 0 Å². The van der Waals surface area contributed by atoms with Crippen molar-refractivity contribution in [2.75, 3.05) is 13.7 Å². The van der Waals surface area contributed by atoms with Gasteiger partial charge in [-0.05, 0) is 28.8 Å². The van der Waals surface area contributed by atoms with Crippen LogP contribution < -0.4 is 0 Å². The topological polar surface area (TPSA) is 49.2 Å². The molecule has 5 nitrogen and oxygen atoms in total. The third-order valence-electron chi connectivity index (χ3n) is 2.34. The van der Waals surface area contributed by atoms with E-state index < -0.39 is 0 Å². The zero-order valence-corrected chi connectivity index (χ0v) is 10.2. The molecule has 1 fully saturated rings. The van der Waals surface area contributed by atoms with Gasteiger partial charge < -0.3 is 9.47 Å². The summed E-state index contributed by atoms with van der Waals surface area (Å²) in [5.74, 6) is 0.697. The Labute approximate surface area is 96.9 Å². The van der Waals surface area contributed by atoms with Gasteiger partial charge in [0.15, 0.2) is 10.6 Å². The summed E-state index contributed by atoms with van der Waals surface area (Å²) in [5, 5.41) is 4.32. The van der Waals surface area contributed by atoms with Gasteiger partial charge in [-0.25, -0.2) is 9.67 Å². The zero-order valence-electron chi connectivity index (χ0n) is 8.65. The fraction of sp³-hybridized carbons (Fsp3) is 0.778. The van der Waals surface area contributed by atoms with E-state index in [1.165, 1.54) is 0 Å². The second-order valence-corrected chi connectivity index (χ2v) is 4.26. The van der Waals surface area contributed by atoms with Crippen LogP contribution in [0.2, 0.25) is 0 Å². The molecular weight excluding hydrogens is 262 g/mol. The van der Waals surface area contributed by atoms with Gasteiger partial charge in [-0.3, -0.25) is 0 Å². The SMILES string of the molecule is COCc1nc(Br)n(CC2CCCO2)n1. The Morgan fingerprint density at radius 2 is 2.53 bits per heavy atom. The monoisotopic (exact) mass is 275 g/mol. The summed E-state index contributed by atoms with van der Waals surface area (Å²) in [7, 11) is 1.63. The normalized spacial score (nSPS) is 21.1. The lowest BCUT2D eigenvalue weighted by atomic mass is 10.2. The van der Waals surface area contributed by atoms with Crippen molar-refractivity contribution in [1.29, 1.82) is 0 Å². The highest BCUT2D eigenvalue weighted by atomic mass is 79.9. The highest BCUT2D eigenvalue weighted by molar-refractivity contribution is 9.10. The smallest absolute Gasteiger partial charge is 0.195 e. The minimum absolute atomic E-state index is 0.276. The first kappa shape index (κ1) is 11.0. The Balaban J connectivity index is 2.00. The van der Waals surface area contributed by atoms with E-state index in [0.717, 1.165) is 30.7 Å². The fourth-order valence-corrected chi connectivity index (χ4v) is 2.08. The molecule has 1 atom stereocenters. The summed E-state index contributed by atoms with van der Waals surface area (Å²) in [4.78, 5) is 4.23. The molecule has 0 N–H and O–H groups in total. The third-order valence-corrected chi connectivity index (χ3v) is 2.93. The number of hydrogen-bond acceptors (Lipinski definition) is 4. The van der Waals surface area contributed by atoms with Crippen LogP contribution in [0.15, 0.2) is 4.73 Å². The molecule has 1 aliphatic heterocycles. The van der Waals surface area contributed by atoms with Crippen LogP contribution in [-0.2, 0) is 22.6 Å². The van der Waals surface area contributed by atoms with Crippen LogP contribution >= 0.6 is 15.9 Å². The second-order valence-electron chi connectivity index (χ2n) is 3.55. The summed E-state index contributed by atoms with van der Waals surface area (Å²) in [6.45, 7) is 2.07. The van der Waals surface area contributed by atoms with Gasteiger partial charge in [0.2, 0.25) is 0 Å². The van der Waals surface area contributed by atoms with Gasteiger partial charge in [-0.15, -0.1) is 0 Å². The van der Waals surface area contributed by atoms with E-state index in [1.807, 2.05) is 4.68 Å². The molecule has 0 bridgehead atoms. The molecule has 84 valence electrons. The molecule has 1 aromatic heterocycles. The lowest BCUT2D eigenvalue weighted by Crippen LogP contribution is -2.16. The Bertz CT molecular complexity index is 323. The Kier molecular flexibility index (Phi) is 3.71. The first-order valence-corrected chi connectivity index (χ1v) is 5.78. The van der Waals surface area contributed by atoms with Crippen molar-refractivity contribution >= 4 is 15.9 Å². The average Bonchev–Trinajstić information content (AvgIpc) is 2.79. The minimum Gasteiger partial charge on any atom is -0.377 e. The van der Waals surface area contributed by atoms with E-state index in [4.69, 9.17) is 9.47 Å². The van der Waals surface area contributed by atoms with Gasteiger partial charge in [0.1, 0.15) is 6.61 Å². The number of halogens is 1. The molecule has 0 saturated carbocycles. The molecule has 0 radical (unpaired) electrons.